The first-order valence-electron chi connectivity index (χ1n) is 5.14. The standard InChI is InChI=1S/C12H9N3OS/c1-7(16)12-15-11(5-17-12)8-2-3-9-10(4-8)14-6-13-9/h2-6H,1H3,(H,13,14). The molecule has 0 aliphatic heterocycles. The van der Waals surface area contributed by atoms with Crippen molar-refractivity contribution in [3.63, 3.8) is 0 Å². The van der Waals surface area contributed by atoms with Crippen molar-refractivity contribution in [2.45, 2.75) is 6.92 Å². The molecule has 1 N–H and O–H groups in total. The van der Waals surface area contributed by atoms with Crippen molar-refractivity contribution in [3.8, 4) is 11.3 Å². The van der Waals surface area contributed by atoms with Gasteiger partial charge in [-0.2, -0.15) is 0 Å². The van der Waals surface area contributed by atoms with E-state index in [0.29, 0.717) is 5.01 Å². The number of Topliss-reactive ketones (excluding diaryl/α,β-unsaturated/α-hetero) is 1. The zero-order valence-electron chi connectivity index (χ0n) is 9.10. The van der Waals surface area contributed by atoms with Crippen LogP contribution in [-0.4, -0.2) is 20.7 Å². The molecule has 0 bridgehead atoms. The number of imidazole rings is 1. The third kappa shape index (κ3) is 1.74. The lowest BCUT2D eigenvalue weighted by Crippen LogP contribution is -1.89. The molecule has 84 valence electrons. The topological polar surface area (TPSA) is 58.6 Å². The molecule has 0 saturated carbocycles. The van der Waals surface area contributed by atoms with Crippen LogP contribution in [0.3, 0.4) is 0 Å². The number of hydrogen-bond donors (Lipinski definition) is 1. The van der Waals surface area contributed by atoms with E-state index in [1.807, 2.05) is 23.6 Å². The minimum absolute atomic E-state index is 0.00358. The van der Waals surface area contributed by atoms with Crippen LogP contribution in [0.25, 0.3) is 22.3 Å². The number of aromatic amines is 1. The summed E-state index contributed by atoms with van der Waals surface area (Å²) < 4.78 is 0. The van der Waals surface area contributed by atoms with Crippen LogP contribution >= 0.6 is 11.3 Å². The van der Waals surface area contributed by atoms with Crippen molar-refractivity contribution in [1.82, 2.24) is 15.0 Å². The molecule has 4 nitrogen and oxygen atoms in total. The lowest BCUT2D eigenvalue weighted by molar-refractivity contribution is 0.101. The highest BCUT2D eigenvalue weighted by Crippen LogP contribution is 2.24. The van der Waals surface area contributed by atoms with Gasteiger partial charge in [-0.1, -0.05) is 6.07 Å². The van der Waals surface area contributed by atoms with Crippen molar-refractivity contribution < 1.29 is 4.79 Å². The smallest absolute Gasteiger partial charge is 0.188 e. The number of nitrogens with one attached hydrogen (secondary N) is 1. The molecule has 3 rings (SSSR count). The Hall–Kier alpha value is -2.01. The number of carbonyl (C=O) groups is 1. The number of rotatable bonds is 2. The molecule has 0 unspecified atom stereocenters. The predicted molar refractivity (Wildman–Crippen MR) is 67.2 cm³/mol. The summed E-state index contributed by atoms with van der Waals surface area (Å²) in [6, 6.07) is 5.89. The van der Waals surface area contributed by atoms with Gasteiger partial charge in [0.2, 0.25) is 0 Å². The molecule has 17 heavy (non-hydrogen) atoms. The number of fused-ring (bicyclic) bond motifs is 1. The molecule has 5 heteroatoms. The second-order valence-corrected chi connectivity index (χ2v) is 4.59. The van der Waals surface area contributed by atoms with Gasteiger partial charge in [-0.3, -0.25) is 4.79 Å². The number of hydrogen-bond acceptors (Lipinski definition) is 4. The fourth-order valence-electron chi connectivity index (χ4n) is 1.66. The van der Waals surface area contributed by atoms with E-state index in [2.05, 4.69) is 15.0 Å². The van der Waals surface area contributed by atoms with Gasteiger partial charge >= 0.3 is 0 Å². The van der Waals surface area contributed by atoms with Crippen molar-refractivity contribution in [3.05, 3.63) is 34.9 Å². The second-order valence-electron chi connectivity index (χ2n) is 3.73. The highest BCUT2D eigenvalue weighted by Gasteiger charge is 2.08. The summed E-state index contributed by atoms with van der Waals surface area (Å²) in [5.41, 5.74) is 3.72. The van der Waals surface area contributed by atoms with E-state index < -0.39 is 0 Å². The van der Waals surface area contributed by atoms with E-state index in [9.17, 15) is 4.79 Å². The number of ketones is 1. The lowest BCUT2D eigenvalue weighted by atomic mass is 10.1. The summed E-state index contributed by atoms with van der Waals surface area (Å²) in [5.74, 6) is 0.00358. The predicted octanol–water partition coefficient (Wildman–Crippen LogP) is 2.89. The van der Waals surface area contributed by atoms with Gasteiger partial charge in [0.15, 0.2) is 10.8 Å². The quantitative estimate of drug-likeness (QED) is 0.704. The maximum Gasteiger partial charge on any atom is 0.188 e. The van der Waals surface area contributed by atoms with Crippen LogP contribution in [0, 0.1) is 0 Å². The Kier molecular flexibility index (Phi) is 2.26. The van der Waals surface area contributed by atoms with Gasteiger partial charge in [0.25, 0.3) is 0 Å². The summed E-state index contributed by atoms with van der Waals surface area (Å²) in [7, 11) is 0. The molecule has 3 aromatic rings. The summed E-state index contributed by atoms with van der Waals surface area (Å²) >= 11 is 1.37. The van der Waals surface area contributed by atoms with Gasteiger partial charge in [0, 0.05) is 17.9 Å². The van der Waals surface area contributed by atoms with Gasteiger partial charge in [-0.25, -0.2) is 9.97 Å². The molecule has 0 saturated heterocycles. The van der Waals surface area contributed by atoms with Crippen molar-refractivity contribution in [2.24, 2.45) is 0 Å². The Morgan fingerprint density at radius 1 is 1.41 bits per heavy atom. The normalized spacial score (nSPS) is 10.9. The first kappa shape index (κ1) is 10.2. The van der Waals surface area contributed by atoms with E-state index in [0.717, 1.165) is 22.3 Å². The molecule has 2 heterocycles. The van der Waals surface area contributed by atoms with Crippen LogP contribution in [0.1, 0.15) is 16.7 Å². The van der Waals surface area contributed by atoms with E-state index >= 15 is 0 Å². The first-order valence-corrected chi connectivity index (χ1v) is 6.02. The highest BCUT2D eigenvalue weighted by molar-refractivity contribution is 7.12. The van der Waals surface area contributed by atoms with E-state index in [1.165, 1.54) is 18.3 Å². The summed E-state index contributed by atoms with van der Waals surface area (Å²) in [4.78, 5) is 22.7. The van der Waals surface area contributed by atoms with Crippen LogP contribution in [0.2, 0.25) is 0 Å². The molecule has 0 atom stereocenters. The first-order chi connectivity index (χ1) is 8.24. The van der Waals surface area contributed by atoms with Crippen LogP contribution < -0.4 is 0 Å². The Labute approximate surface area is 101 Å². The number of H-pyrrole nitrogens is 1. The van der Waals surface area contributed by atoms with Crippen molar-refractivity contribution in [1.29, 1.82) is 0 Å². The lowest BCUT2D eigenvalue weighted by Gasteiger charge is -1.96. The van der Waals surface area contributed by atoms with Gasteiger partial charge in [-0.05, 0) is 12.1 Å². The molecule has 1 aromatic carbocycles. The van der Waals surface area contributed by atoms with Gasteiger partial charge in [0.1, 0.15) is 0 Å². The molecule has 0 aliphatic carbocycles. The van der Waals surface area contributed by atoms with E-state index in [1.54, 1.807) is 6.33 Å². The number of nitrogens with zero attached hydrogens (tertiary/aromatic N) is 2. The fourth-order valence-corrected chi connectivity index (χ4v) is 2.39. The Morgan fingerprint density at radius 3 is 3.06 bits per heavy atom. The molecule has 2 aromatic heterocycles. The molecule has 0 radical (unpaired) electrons. The summed E-state index contributed by atoms with van der Waals surface area (Å²) in [5, 5.41) is 2.44. The van der Waals surface area contributed by atoms with E-state index in [4.69, 9.17) is 0 Å². The Bertz CT molecular complexity index is 698. The largest absolute Gasteiger partial charge is 0.345 e. The Morgan fingerprint density at radius 2 is 2.29 bits per heavy atom. The zero-order valence-corrected chi connectivity index (χ0v) is 9.91. The average molecular weight is 243 g/mol. The summed E-state index contributed by atoms with van der Waals surface area (Å²) in [6.07, 6.45) is 1.66. The molecular weight excluding hydrogens is 234 g/mol. The van der Waals surface area contributed by atoms with Gasteiger partial charge in [-0.15, -0.1) is 11.3 Å². The number of thiazole rings is 1. The van der Waals surface area contributed by atoms with Gasteiger partial charge < -0.3 is 4.98 Å². The van der Waals surface area contributed by atoms with E-state index in [-0.39, 0.29) is 5.78 Å². The SMILES string of the molecule is CC(=O)c1nc(-c2ccc3nc[nH]c3c2)cs1. The highest BCUT2D eigenvalue weighted by atomic mass is 32.1. The van der Waals surface area contributed by atoms with Gasteiger partial charge in [0.05, 0.1) is 23.1 Å². The third-order valence-corrected chi connectivity index (χ3v) is 3.46. The van der Waals surface area contributed by atoms with Crippen molar-refractivity contribution >= 4 is 28.2 Å². The summed E-state index contributed by atoms with van der Waals surface area (Å²) in [6.45, 7) is 1.53. The molecule has 0 amide bonds. The zero-order chi connectivity index (χ0) is 11.8. The number of aromatic nitrogens is 3. The van der Waals surface area contributed by atoms with Crippen LogP contribution in [0.4, 0.5) is 0 Å². The number of carbonyl (C=O) groups excluding carboxylic acids is 1. The van der Waals surface area contributed by atoms with Crippen LogP contribution in [-0.2, 0) is 0 Å². The fraction of sp³-hybridized carbons (Fsp3) is 0.0833. The minimum atomic E-state index is 0.00358. The van der Waals surface area contributed by atoms with Crippen LogP contribution in [0.15, 0.2) is 29.9 Å². The second kappa shape index (κ2) is 3.78. The molecular formula is C12H9N3OS. The molecule has 0 spiro atoms. The molecule has 0 aliphatic rings. The molecule has 0 fully saturated rings. The Balaban J connectivity index is 2.09. The monoisotopic (exact) mass is 243 g/mol. The third-order valence-electron chi connectivity index (χ3n) is 2.52. The minimum Gasteiger partial charge on any atom is -0.345 e. The maximum absolute atomic E-state index is 11.2. The number of benzene rings is 1. The van der Waals surface area contributed by atoms with Crippen molar-refractivity contribution in [2.75, 3.05) is 0 Å². The maximum atomic E-state index is 11.2. The van der Waals surface area contributed by atoms with Crippen LogP contribution in [0.5, 0.6) is 0 Å². The average Bonchev–Trinajstić information content (AvgIpc) is 2.97.